The minimum absolute atomic E-state index is 0.866. The molecule has 0 aliphatic carbocycles. The summed E-state index contributed by atoms with van der Waals surface area (Å²) in [6.45, 7) is 0. The summed E-state index contributed by atoms with van der Waals surface area (Å²) in [5.41, 5.74) is 2.99. The van der Waals surface area contributed by atoms with Gasteiger partial charge >= 0.3 is 0 Å². The number of benzene rings is 1. The lowest BCUT2D eigenvalue weighted by Gasteiger charge is -2.00. The summed E-state index contributed by atoms with van der Waals surface area (Å²) in [7, 11) is 0. The molecule has 15 heavy (non-hydrogen) atoms. The van der Waals surface area contributed by atoms with Crippen LogP contribution in [-0.2, 0) is 0 Å². The highest BCUT2D eigenvalue weighted by Crippen LogP contribution is 2.28. The van der Waals surface area contributed by atoms with Gasteiger partial charge in [-0.2, -0.15) is 0 Å². The minimum Gasteiger partial charge on any atom is -0.452 e. The number of pyridine rings is 1. The smallest absolute Gasteiger partial charge is 0.170 e. The summed E-state index contributed by atoms with van der Waals surface area (Å²) in [6.07, 6.45) is 6.34. The zero-order valence-electron chi connectivity index (χ0n) is 7.97. The Morgan fingerprint density at radius 3 is 3.00 bits per heavy atom. The highest BCUT2D eigenvalue weighted by molar-refractivity contribution is 5.91. The number of nitrogens with zero attached hydrogens (tertiary/aromatic N) is 1. The van der Waals surface area contributed by atoms with Gasteiger partial charge in [0.2, 0.25) is 0 Å². The molecule has 1 radical (unpaired) electrons. The van der Waals surface area contributed by atoms with Crippen LogP contribution in [0, 0.1) is 6.26 Å². The first-order valence-corrected chi connectivity index (χ1v) is 4.74. The number of hydrogen-bond donors (Lipinski definition) is 0. The Balaban J connectivity index is 2.31. The molecule has 0 N–H and O–H groups in total. The lowest BCUT2D eigenvalue weighted by molar-refractivity contribution is 0.607. The molecule has 2 nitrogen and oxygen atoms in total. The van der Waals surface area contributed by atoms with Gasteiger partial charge in [-0.1, -0.05) is 24.3 Å². The van der Waals surface area contributed by atoms with Crippen LogP contribution in [-0.4, -0.2) is 4.98 Å². The molecular weight excluding hydrogens is 186 g/mol. The van der Waals surface area contributed by atoms with Crippen molar-refractivity contribution >= 4 is 11.0 Å². The fourth-order valence-electron chi connectivity index (χ4n) is 1.68. The van der Waals surface area contributed by atoms with E-state index in [0.717, 1.165) is 22.1 Å². The van der Waals surface area contributed by atoms with Gasteiger partial charge in [0.15, 0.2) is 6.26 Å². The van der Waals surface area contributed by atoms with Crippen molar-refractivity contribution < 1.29 is 4.42 Å². The van der Waals surface area contributed by atoms with Gasteiger partial charge in [0, 0.05) is 28.9 Å². The third-order valence-electron chi connectivity index (χ3n) is 2.39. The third kappa shape index (κ3) is 1.31. The molecule has 2 aromatic heterocycles. The molecule has 0 spiro atoms. The number of fused-ring (bicyclic) bond motifs is 1. The van der Waals surface area contributed by atoms with Gasteiger partial charge in [0.05, 0.1) is 0 Å². The molecule has 2 heterocycles. The van der Waals surface area contributed by atoms with Gasteiger partial charge < -0.3 is 4.42 Å². The van der Waals surface area contributed by atoms with Crippen LogP contribution in [0.2, 0.25) is 0 Å². The van der Waals surface area contributed by atoms with Crippen LogP contribution in [0.25, 0.3) is 22.1 Å². The number of aromatic nitrogens is 1. The number of rotatable bonds is 1. The van der Waals surface area contributed by atoms with Crippen LogP contribution in [0.15, 0.2) is 53.2 Å². The first-order valence-electron chi connectivity index (χ1n) is 4.74. The molecule has 0 amide bonds. The fraction of sp³-hybridized carbons (Fsp3) is 0. The number of hydrogen-bond acceptors (Lipinski definition) is 2. The number of para-hydroxylation sites is 1. The third-order valence-corrected chi connectivity index (χ3v) is 2.39. The number of furan rings is 1. The Morgan fingerprint density at radius 2 is 2.13 bits per heavy atom. The van der Waals surface area contributed by atoms with Crippen LogP contribution < -0.4 is 0 Å². The standard InChI is InChI=1S/C13H8NO/c1-3-10-6-8-15-13(10)12(5-1)11-4-2-7-14-9-11/h1-7,9H. The van der Waals surface area contributed by atoms with Crippen molar-refractivity contribution in [3.05, 3.63) is 55.1 Å². The summed E-state index contributed by atoms with van der Waals surface area (Å²) < 4.78 is 5.35. The second-order valence-corrected chi connectivity index (χ2v) is 3.33. The summed E-state index contributed by atoms with van der Waals surface area (Å²) >= 11 is 0. The van der Waals surface area contributed by atoms with Gasteiger partial charge in [-0.05, 0) is 12.1 Å². The average Bonchev–Trinajstić information content (AvgIpc) is 2.78. The molecule has 0 aliphatic heterocycles. The Kier molecular flexibility index (Phi) is 1.78. The molecular formula is C13H8NO. The van der Waals surface area contributed by atoms with Gasteiger partial charge in [-0.15, -0.1) is 0 Å². The minimum atomic E-state index is 0.866. The fourth-order valence-corrected chi connectivity index (χ4v) is 1.68. The lowest BCUT2D eigenvalue weighted by atomic mass is 10.1. The molecule has 0 atom stereocenters. The summed E-state index contributed by atoms with van der Waals surface area (Å²) in [4.78, 5) is 4.10. The lowest BCUT2D eigenvalue weighted by Crippen LogP contribution is -1.79. The van der Waals surface area contributed by atoms with E-state index in [9.17, 15) is 0 Å². The summed E-state index contributed by atoms with van der Waals surface area (Å²) in [5.74, 6) is 0. The maximum Gasteiger partial charge on any atom is 0.170 e. The van der Waals surface area contributed by atoms with E-state index in [-0.39, 0.29) is 0 Å². The molecule has 0 unspecified atom stereocenters. The maximum absolute atomic E-state index is 5.35. The van der Waals surface area contributed by atoms with Crippen LogP contribution in [0.1, 0.15) is 0 Å². The predicted molar refractivity (Wildman–Crippen MR) is 58.3 cm³/mol. The average molecular weight is 194 g/mol. The molecule has 2 heteroatoms. The first kappa shape index (κ1) is 8.24. The van der Waals surface area contributed by atoms with E-state index >= 15 is 0 Å². The quantitative estimate of drug-likeness (QED) is 0.594. The van der Waals surface area contributed by atoms with E-state index < -0.39 is 0 Å². The van der Waals surface area contributed by atoms with Gasteiger partial charge in [-0.25, -0.2) is 0 Å². The van der Waals surface area contributed by atoms with E-state index in [4.69, 9.17) is 4.42 Å². The zero-order valence-corrected chi connectivity index (χ0v) is 7.97. The zero-order chi connectivity index (χ0) is 10.1. The molecule has 3 rings (SSSR count). The van der Waals surface area contributed by atoms with Crippen LogP contribution in [0.5, 0.6) is 0 Å². The molecule has 71 valence electrons. The highest BCUT2D eigenvalue weighted by Gasteiger charge is 2.05. The SMILES string of the molecule is [c]1cc2cccc(-c3cccnc3)c2o1. The highest BCUT2D eigenvalue weighted by atomic mass is 16.3. The van der Waals surface area contributed by atoms with E-state index in [1.165, 1.54) is 0 Å². The first-order chi connectivity index (χ1) is 7.45. The summed E-state index contributed by atoms with van der Waals surface area (Å²) in [5, 5.41) is 1.07. The molecule has 0 saturated heterocycles. The second-order valence-electron chi connectivity index (χ2n) is 3.33. The van der Waals surface area contributed by atoms with E-state index in [0.29, 0.717) is 0 Å². The van der Waals surface area contributed by atoms with Crippen molar-refractivity contribution in [3.8, 4) is 11.1 Å². The molecule has 3 aromatic rings. The van der Waals surface area contributed by atoms with E-state index in [1.54, 1.807) is 6.20 Å². The van der Waals surface area contributed by atoms with Gasteiger partial charge in [-0.3, -0.25) is 4.98 Å². The largest absolute Gasteiger partial charge is 0.452 e. The molecule has 0 bridgehead atoms. The van der Waals surface area contributed by atoms with Crippen LogP contribution >= 0.6 is 0 Å². The normalized spacial score (nSPS) is 10.7. The second kappa shape index (κ2) is 3.24. The predicted octanol–water partition coefficient (Wildman–Crippen LogP) is 3.29. The van der Waals surface area contributed by atoms with Crippen molar-refractivity contribution in [1.82, 2.24) is 4.98 Å². The monoisotopic (exact) mass is 194 g/mol. The van der Waals surface area contributed by atoms with E-state index in [1.807, 2.05) is 42.6 Å². The van der Waals surface area contributed by atoms with E-state index in [2.05, 4.69) is 11.2 Å². The Hall–Kier alpha value is -2.09. The Bertz CT molecular complexity index is 584. The summed E-state index contributed by atoms with van der Waals surface area (Å²) in [6, 6.07) is 11.8. The van der Waals surface area contributed by atoms with Crippen molar-refractivity contribution in [2.24, 2.45) is 0 Å². The van der Waals surface area contributed by atoms with Crippen LogP contribution in [0.4, 0.5) is 0 Å². The Labute approximate surface area is 87.2 Å². The maximum atomic E-state index is 5.35. The van der Waals surface area contributed by atoms with Crippen LogP contribution in [0.3, 0.4) is 0 Å². The topological polar surface area (TPSA) is 26.0 Å². The van der Waals surface area contributed by atoms with Gasteiger partial charge in [0.1, 0.15) is 5.58 Å². The molecule has 0 fully saturated rings. The molecule has 0 saturated carbocycles. The van der Waals surface area contributed by atoms with Gasteiger partial charge in [0.25, 0.3) is 0 Å². The van der Waals surface area contributed by atoms with Crippen molar-refractivity contribution in [2.75, 3.05) is 0 Å². The van der Waals surface area contributed by atoms with Crippen molar-refractivity contribution in [3.63, 3.8) is 0 Å². The van der Waals surface area contributed by atoms with Crippen molar-refractivity contribution in [2.45, 2.75) is 0 Å². The molecule has 1 aromatic carbocycles. The molecule has 0 aliphatic rings. The van der Waals surface area contributed by atoms with Crippen molar-refractivity contribution in [1.29, 1.82) is 0 Å². The Morgan fingerprint density at radius 1 is 1.13 bits per heavy atom.